The van der Waals surface area contributed by atoms with Crippen LogP contribution in [-0.4, -0.2) is 68.3 Å². The predicted molar refractivity (Wildman–Crippen MR) is 98.2 cm³/mol. The van der Waals surface area contributed by atoms with Crippen molar-refractivity contribution in [1.29, 1.82) is 0 Å². The van der Waals surface area contributed by atoms with Gasteiger partial charge in [-0.2, -0.15) is 4.31 Å². The number of benzene rings is 1. The largest absolute Gasteiger partial charge is 0.336 e. The molecule has 0 saturated carbocycles. The van der Waals surface area contributed by atoms with Gasteiger partial charge in [-0.25, -0.2) is 13.2 Å². The average molecular weight is 382 g/mol. The van der Waals surface area contributed by atoms with E-state index in [-0.39, 0.29) is 17.5 Å². The SMILES string of the molecule is Cc1ccc(S(=O)(=O)N2CCN(CC(=O)NC(=O)NC(C)C)CC2)cc1. The number of carbonyl (C=O) groups is 2. The fraction of sp³-hybridized carbons (Fsp3) is 0.529. The fourth-order valence-corrected chi connectivity index (χ4v) is 4.08. The number of urea groups is 1. The number of sulfonamides is 1. The second-order valence-electron chi connectivity index (χ2n) is 6.67. The van der Waals surface area contributed by atoms with Crippen LogP contribution < -0.4 is 10.6 Å². The smallest absolute Gasteiger partial charge is 0.321 e. The molecule has 1 aromatic rings. The minimum absolute atomic E-state index is 0.0571. The van der Waals surface area contributed by atoms with Crippen LogP contribution in [0.2, 0.25) is 0 Å². The molecule has 0 spiro atoms. The van der Waals surface area contributed by atoms with E-state index < -0.39 is 22.0 Å². The zero-order valence-corrected chi connectivity index (χ0v) is 16.2. The summed E-state index contributed by atoms with van der Waals surface area (Å²) in [7, 11) is -3.52. The molecule has 1 heterocycles. The highest BCUT2D eigenvalue weighted by Crippen LogP contribution is 2.18. The summed E-state index contributed by atoms with van der Waals surface area (Å²) in [5, 5.41) is 4.85. The van der Waals surface area contributed by atoms with E-state index >= 15 is 0 Å². The van der Waals surface area contributed by atoms with Crippen LogP contribution in [0.3, 0.4) is 0 Å². The number of imide groups is 1. The number of aryl methyl sites for hydroxylation is 1. The number of piperazine rings is 1. The van der Waals surface area contributed by atoms with Crippen molar-refractivity contribution >= 4 is 22.0 Å². The van der Waals surface area contributed by atoms with E-state index in [4.69, 9.17) is 0 Å². The van der Waals surface area contributed by atoms with Crippen molar-refractivity contribution in [3.05, 3.63) is 29.8 Å². The molecule has 3 amide bonds. The van der Waals surface area contributed by atoms with Crippen molar-refractivity contribution in [2.75, 3.05) is 32.7 Å². The molecule has 0 atom stereocenters. The summed E-state index contributed by atoms with van der Waals surface area (Å²) in [5.74, 6) is -0.405. The van der Waals surface area contributed by atoms with Gasteiger partial charge in [0, 0.05) is 32.2 Å². The van der Waals surface area contributed by atoms with Crippen LogP contribution in [0.15, 0.2) is 29.2 Å². The Kier molecular flexibility index (Phi) is 6.74. The third kappa shape index (κ3) is 5.52. The summed E-state index contributed by atoms with van der Waals surface area (Å²) < 4.78 is 26.7. The van der Waals surface area contributed by atoms with Crippen molar-refractivity contribution in [2.45, 2.75) is 31.7 Å². The molecule has 26 heavy (non-hydrogen) atoms. The second kappa shape index (κ2) is 8.61. The molecule has 1 fully saturated rings. The Hall–Kier alpha value is -1.97. The van der Waals surface area contributed by atoms with Crippen LogP contribution in [0.1, 0.15) is 19.4 Å². The molecule has 0 bridgehead atoms. The summed E-state index contributed by atoms with van der Waals surface area (Å²) in [6.07, 6.45) is 0. The Morgan fingerprint density at radius 3 is 2.19 bits per heavy atom. The third-order valence-corrected chi connectivity index (χ3v) is 5.94. The highest BCUT2D eigenvalue weighted by atomic mass is 32.2. The highest BCUT2D eigenvalue weighted by Gasteiger charge is 2.29. The molecular formula is C17H26N4O4S. The first-order valence-corrected chi connectivity index (χ1v) is 10.0. The summed E-state index contributed by atoms with van der Waals surface area (Å²) in [4.78, 5) is 25.5. The Balaban J connectivity index is 1.86. The lowest BCUT2D eigenvalue weighted by atomic mass is 10.2. The van der Waals surface area contributed by atoms with Crippen LogP contribution in [0, 0.1) is 6.92 Å². The number of hydrogen-bond acceptors (Lipinski definition) is 5. The van der Waals surface area contributed by atoms with Crippen molar-refractivity contribution in [2.24, 2.45) is 0 Å². The molecule has 8 nitrogen and oxygen atoms in total. The van der Waals surface area contributed by atoms with Gasteiger partial charge in [0.15, 0.2) is 0 Å². The number of hydrogen-bond donors (Lipinski definition) is 2. The average Bonchev–Trinajstić information content (AvgIpc) is 2.54. The Labute approximate surface area is 154 Å². The van der Waals surface area contributed by atoms with E-state index in [1.165, 1.54) is 4.31 Å². The number of rotatable bonds is 5. The van der Waals surface area contributed by atoms with Gasteiger partial charge >= 0.3 is 6.03 Å². The molecular weight excluding hydrogens is 356 g/mol. The Morgan fingerprint density at radius 1 is 1.08 bits per heavy atom. The topological polar surface area (TPSA) is 98.8 Å². The molecule has 0 unspecified atom stereocenters. The van der Waals surface area contributed by atoms with E-state index in [2.05, 4.69) is 10.6 Å². The van der Waals surface area contributed by atoms with Gasteiger partial charge in [-0.15, -0.1) is 0 Å². The Bertz CT molecular complexity index is 739. The van der Waals surface area contributed by atoms with Crippen molar-refractivity contribution < 1.29 is 18.0 Å². The monoisotopic (exact) mass is 382 g/mol. The van der Waals surface area contributed by atoms with Crippen LogP contribution in [0.25, 0.3) is 0 Å². The molecule has 1 aromatic carbocycles. The molecule has 0 radical (unpaired) electrons. The van der Waals surface area contributed by atoms with E-state index in [0.29, 0.717) is 26.2 Å². The highest BCUT2D eigenvalue weighted by molar-refractivity contribution is 7.89. The van der Waals surface area contributed by atoms with Gasteiger partial charge in [0.05, 0.1) is 11.4 Å². The van der Waals surface area contributed by atoms with Crippen LogP contribution >= 0.6 is 0 Å². The molecule has 0 aromatic heterocycles. The lowest BCUT2D eigenvalue weighted by Gasteiger charge is -2.33. The first-order chi connectivity index (χ1) is 12.2. The van der Waals surface area contributed by atoms with Gasteiger partial charge in [0.1, 0.15) is 0 Å². The molecule has 9 heteroatoms. The van der Waals surface area contributed by atoms with Gasteiger partial charge in [0.2, 0.25) is 15.9 Å². The fourth-order valence-electron chi connectivity index (χ4n) is 2.65. The molecule has 1 saturated heterocycles. The molecule has 2 N–H and O–H groups in total. The number of nitrogens with one attached hydrogen (secondary N) is 2. The predicted octanol–water partition coefficient (Wildman–Crippen LogP) is 0.536. The van der Waals surface area contributed by atoms with E-state index in [9.17, 15) is 18.0 Å². The number of amides is 3. The minimum atomic E-state index is -3.52. The summed E-state index contributed by atoms with van der Waals surface area (Å²) in [6, 6.07) is 6.19. The van der Waals surface area contributed by atoms with E-state index in [1.54, 1.807) is 38.1 Å². The van der Waals surface area contributed by atoms with E-state index in [1.807, 2.05) is 11.8 Å². The van der Waals surface area contributed by atoms with Gasteiger partial charge in [-0.1, -0.05) is 17.7 Å². The molecule has 1 aliphatic rings. The van der Waals surface area contributed by atoms with Gasteiger partial charge in [-0.3, -0.25) is 15.0 Å². The normalized spacial score (nSPS) is 16.5. The molecule has 2 rings (SSSR count). The van der Waals surface area contributed by atoms with Gasteiger partial charge < -0.3 is 5.32 Å². The van der Waals surface area contributed by atoms with Crippen molar-refractivity contribution in [3.8, 4) is 0 Å². The number of nitrogens with zero attached hydrogens (tertiary/aromatic N) is 2. The first kappa shape index (κ1) is 20.3. The van der Waals surface area contributed by atoms with Crippen molar-refractivity contribution in [3.63, 3.8) is 0 Å². The summed E-state index contributed by atoms with van der Waals surface area (Å²) in [6.45, 7) is 7.05. The zero-order chi connectivity index (χ0) is 19.3. The maximum absolute atomic E-state index is 12.7. The van der Waals surface area contributed by atoms with Crippen molar-refractivity contribution in [1.82, 2.24) is 19.8 Å². The maximum Gasteiger partial charge on any atom is 0.321 e. The second-order valence-corrected chi connectivity index (χ2v) is 8.61. The minimum Gasteiger partial charge on any atom is -0.336 e. The molecule has 1 aliphatic heterocycles. The molecule has 144 valence electrons. The maximum atomic E-state index is 12.7. The zero-order valence-electron chi connectivity index (χ0n) is 15.4. The van der Waals surface area contributed by atoms with Crippen LogP contribution in [-0.2, 0) is 14.8 Å². The third-order valence-electron chi connectivity index (χ3n) is 4.03. The van der Waals surface area contributed by atoms with Crippen LogP contribution in [0.4, 0.5) is 4.79 Å². The lowest BCUT2D eigenvalue weighted by Crippen LogP contribution is -2.52. The Morgan fingerprint density at radius 2 is 1.65 bits per heavy atom. The van der Waals surface area contributed by atoms with Gasteiger partial charge in [0.25, 0.3) is 0 Å². The first-order valence-electron chi connectivity index (χ1n) is 8.58. The van der Waals surface area contributed by atoms with E-state index in [0.717, 1.165) is 5.56 Å². The van der Waals surface area contributed by atoms with Gasteiger partial charge in [-0.05, 0) is 32.9 Å². The standard InChI is InChI=1S/C17H26N4O4S/c1-13(2)18-17(23)19-16(22)12-20-8-10-21(11-9-20)26(24,25)15-6-4-14(3)5-7-15/h4-7,13H,8-12H2,1-3H3,(H2,18,19,22,23). The quantitative estimate of drug-likeness (QED) is 0.774. The summed E-state index contributed by atoms with van der Waals surface area (Å²) >= 11 is 0. The summed E-state index contributed by atoms with van der Waals surface area (Å²) in [5.41, 5.74) is 1.00. The number of carbonyl (C=O) groups excluding carboxylic acids is 2. The lowest BCUT2D eigenvalue weighted by molar-refractivity contribution is -0.121. The molecule has 0 aliphatic carbocycles. The van der Waals surface area contributed by atoms with Crippen LogP contribution in [0.5, 0.6) is 0 Å².